The molecule has 0 aliphatic heterocycles. The zero-order valence-corrected chi connectivity index (χ0v) is 10.2. The number of rotatable bonds is 4. The Balaban J connectivity index is 2.63. The molecule has 1 fully saturated rings. The molecule has 3 nitrogen and oxygen atoms in total. The number of nitriles is 1. The van der Waals surface area contributed by atoms with Gasteiger partial charge < -0.3 is 4.90 Å². The molecule has 0 aromatic rings. The molecule has 96 valence electrons. The van der Waals surface area contributed by atoms with Gasteiger partial charge in [0.15, 0.2) is 0 Å². The maximum absolute atomic E-state index is 13.0. The standard InChI is InChI=1S/C12H18F2N2O/c1-9(2)16(7-3-6-15)11(17)10-4-5-12(13,14)8-10/h9-10H,3-5,7-8H2,1-2H3. The average molecular weight is 244 g/mol. The second-order valence-electron chi connectivity index (χ2n) is 4.83. The Labute approximate surface area is 100 Å². The van der Waals surface area contributed by atoms with Gasteiger partial charge in [-0.2, -0.15) is 5.26 Å². The fourth-order valence-electron chi connectivity index (χ4n) is 2.19. The maximum Gasteiger partial charge on any atom is 0.248 e. The minimum Gasteiger partial charge on any atom is -0.339 e. The van der Waals surface area contributed by atoms with Crippen molar-refractivity contribution in [3.05, 3.63) is 0 Å². The number of halogens is 2. The van der Waals surface area contributed by atoms with Crippen molar-refractivity contribution in [1.29, 1.82) is 5.26 Å². The molecule has 1 amide bonds. The second kappa shape index (κ2) is 5.44. The van der Waals surface area contributed by atoms with E-state index in [4.69, 9.17) is 5.26 Å². The summed E-state index contributed by atoms with van der Waals surface area (Å²) in [5, 5.41) is 8.52. The molecule has 1 unspecified atom stereocenters. The Bertz CT molecular complexity index is 323. The lowest BCUT2D eigenvalue weighted by Crippen LogP contribution is -2.41. The molecule has 0 spiro atoms. The van der Waals surface area contributed by atoms with E-state index in [0.717, 1.165) is 0 Å². The van der Waals surface area contributed by atoms with Crippen molar-refractivity contribution in [2.24, 2.45) is 5.92 Å². The van der Waals surface area contributed by atoms with E-state index in [-0.39, 0.29) is 37.6 Å². The molecule has 5 heteroatoms. The first kappa shape index (κ1) is 13.9. The van der Waals surface area contributed by atoms with Crippen molar-refractivity contribution in [3.8, 4) is 6.07 Å². The summed E-state index contributed by atoms with van der Waals surface area (Å²) in [7, 11) is 0. The first-order valence-electron chi connectivity index (χ1n) is 5.92. The Morgan fingerprint density at radius 3 is 2.65 bits per heavy atom. The SMILES string of the molecule is CC(C)N(CCC#N)C(=O)C1CCC(F)(F)C1. The molecule has 0 radical (unpaired) electrons. The summed E-state index contributed by atoms with van der Waals surface area (Å²) in [5.74, 6) is -3.50. The van der Waals surface area contributed by atoms with Gasteiger partial charge >= 0.3 is 0 Å². The Hall–Kier alpha value is -1.18. The van der Waals surface area contributed by atoms with Crippen molar-refractivity contribution in [1.82, 2.24) is 4.90 Å². The lowest BCUT2D eigenvalue weighted by atomic mass is 10.1. The lowest BCUT2D eigenvalue weighted by Gasteiger charge is -2.28. The molecular formula is C12H18F2N2O. The van der Waals surface area contributed by atoms with Gasteiger partial charge in [-0.05, 0) is 20.3 Å². The van der Waals surface area contributed by atoms with Gasteiger partial charge in [-0.25, -0.2) is 8.78 Å². The number of alkyl halides is 2. The predicted molar refractivity (Wildman–Crippen MR) is 59.4 cm³/mol. The minimum absolute atomic E-state index is 0.0509. The number of amides is 1. The monoisotopic (exact) mass is 244 g/mol. The summed E-state index contributed by atoms with van der Waals surface area (Å²) in [4.78, 5) is 13.6. The van der Waals surface area contributed by atoms with Crippen LogP contribution in [0.4, 0.5) is 8.78 Å². The van der Waals surface area contributed by atoms with E-state index >= 15 is 0 Å². The molecule has 1 aliphatic rings. The summed E-state index contributed by atoms with van der Waals surface area (Å²) in [6.07, 6.45) is -0.0517. The van der Waals surface area contributed by atoms with Crippen molar-refractivity contribution in [2.45, 2.75) is 51.5 Å². The van der Waals surface area contributed by atoms with E-state index in [1.165, 1.54) is 4.90 Å². The summed E-state index contributed by atoms with van der Waals surface area (Å²) >= 11 is 0. The van der Waals surface area contributed by atoms with Gasteiger partial charge in [0, 0.05) is 31.3 Å². The molecule has 1 aliphatic carbocycles. The van der Waals surface area contributed by atoms with Crippen LogP contribution in [-0.2, 0) is 4.79 Å². The third kappa shape index (κ3) is 3.65. The topological polar surface area (TPSA) is 44.1 Å². The van der Waals surface area contributed by atoms with E-state index in [2.05, 4.69) is 0 Å². The normalized spacial score (nSPS) is 22.5. The average Bonchev–Trinajstić information content (AvgIpc) is 2.58. The third-order valence-electron chi connectivity index (χ3n) is 3.12. The lowest BCUT2D eigenvalue weighted by molar-refractivity contribution is -0.138. The quantitative estimate of drug-likeness (QED) is 0.762. The van der Waals surface area contributed by atoms with Crippen LogP contribution in [-0.4, -0.2) is 29.3 Å². The summed E-state index contributed by atoms with van der Waals surface area (Å²) < 4.78 is 26.1. The molecular weight excluding hydrogens is 226 g/mol. The Morgan fingerprint density at radius 2 is 2.24 bits per heavy atom. The smallest absolute Gasteiger partial charge is 0.248 e. The molecule has 1 atom stereocenters. The predicted octanol–water partition coefficient (Wildman–Crippen LogP) is 2.57. The van der Waals surface area contributed by atoms with E-state index < -0.39 is 11.8 Å². The van der Waals surface area contributed by atoms with E-state index in [1.54, 1.807) is 0 Å². The molecule has 1 rings (SSSR count). The van der Waals surface area contributed by atoms with E-state index in [0.29, 0.717) is 6.54 Å². The highest BCUT2D eigenvalue weighted by molar-refractivity contribution is 5.79. The van der Waals surface area contributed by atoms with Crippen LogP contribution in [0.2, 0.25) is 0 Å². The van der Waals surface area contributed by atoms with Gasteiger partial charge in [-0.3, -0.25) is 4.79 Å². The highest BCUT2D eigenvalue weighted by atomic mass is 19.3. The molecule has 0 aromatic heterocycles. The highest BCUT2D eigenvalue weighted by Crippen LogP contribution is 2.39. The zero-order valence-electron chi connectivity index (χ0n) is 10.2. The fraction of sp³-hybridized carbons (Fsp3) is 0.833. The van der Waals surface area contributed by atoms with E-state index in [9.17, 15) is 13.6 Å². The van der Waals surface area contributed by atoms with E-state index in [1.807, 2.05) is 19.9 Å². The number of carbonyl (C=O) groups excluding carboxylic acids is 1. The molecule has 1 saturated carbocycles. The second-order valence-corrected chi connectivity index (χ2v) is 4.83. The van der Waals surface area contributed by atoms with Gasteiger partial charge in [-0.15, -0.1) is 0 Å². The first-order valence-corrected chi connectivity index (χ1v) is 5.92. The highest BCUT2D eigenvalue weighted by Gasteiger charge is 2.43. The van der Waals surface area contributed by atoms with Crippen molar-refractivity contribution in [2.75, 3.05) is 6.54 Å². The summed E-state index contributed by atoms with van der Waals surface area (Å²) in [6.45, 7) is 4.00. The largest absolute Gasteiger partial charge is 0.339 e. The van der Waals surface area contributed by atoms with Gasteiger partial charge in [0.1, 0.15) is 0 Å². The molecule has 0 aromatic carbocycles. The number of hydrogen-bond donors (Lipinski definition) is 0. The third-order valence-corrected chi connectivity index (χ3v) is 3.12. The van der Waals surface area contributed by atoms with Crippen LogP contribution in [0.15, 0.2) is 0 Å². The van der Waals surface area contributed by atoms with Crippen LogP contribution < -0.4 is 0 Å². The molecule has 0 heterocycles. The minimum atomic E-state index is -2.70. The summed E-state index contributed by atoms with van der Waals surface area (Å²) in [6, 6.07) is 1.92. The zero-order chi connectivity index (χ0) is 13.1. The molecule has 0 saturated heterocycles. The van der Waals surface area contributed by atoms with Crippen LogP contribution in [0.25, 0.3) is 0 Å². The number of hydrogen-bond acceptors (Lipinski definition) is 2. The van der Waals surface area contributed by atoms with Crippen molar-refractivity contribution in [3.63, 3.8) is 0 Å². The van der Waals surface area contributed by atoms with Crippen LogP contribution in [0, 0.1) is 17.2 Å². The van der Waals surface area contributed by atoms with Gasteiger partial charge in [-0.1, -0.05) is 0 Å². The number of carbonyl (C=O) groups is 1. The van der Waals surface area contributed by atoms with Gasteiger partial charge in [0.25, 0.3) is 0 Å². The van der Waals surface area contributed by atoms with Crippen LogP contribution in [0.1, 0.15) is 39.5 Å². The van der Waals surface area contributed by atoms with Crippen LogP contribution in [0.3, 0.4) is 0 Å². The molecule has 17 heavy (non-hydrogen) atoms. The van der Waals surface area contributed by atoms with Gasteiger partial charge in [0.2, 0.25) is 11.8 Å². The van der Waals surface area contributed by atoms with Crippen LogP contribution >= 0.6 is 0 Å². The number of nitrogens with zero attached hydrogens (tertiary/aromatic N) is 2. The Morgan fingerprint density at radius 1 is 1.59 bits per heavy atom. The van der Waals surface area contributed by atoms with Gasteiger partial charge in [0.05, 0.1) is 12.5 Å². The maximum atomic E-state index is 13.0. The fourth-order valence-corrected chi connectivity index (χ4v) is 2.19. The summed E-state index contributed by atoms with van der Waals surface area (Å²) in [5.41, 5.74) is 0. The van der Waals surface area contributed by atoms with Crippen LogP contribution in [0.5, 0.6) is 0 Å². The van der Waals surface area contributed by atoms with Crippen molar-refractivity contribution >= 4 is 5.91 Å². The molecule has 0 bridgehead atoms. The molecule has 0 N–H and O–H groups in total. The van der Waals surface area contributed by atoms with Crippen molar-refractivity contribution < 1.29 is 13.6 Å². The Kier molecular flexibility index (Phi) is 4.44. The first-order chi connectivity index (χ1) is 7.87.